The molecule has 6 nitrogen and oxygen atoms in total. The van der Waals surface area contributed by atoms with E-state index in [-0.39, 0.29) is 5.69 Å². The van der Waals surface area contributed by atoms with Crippen LogP contribution < -0.4 is 16.6 Å². The van der Waals surface area contributed by atoms with Crippen molar-refractivity contribution in [3.05, 3.63) is 28.3 Å². The molecule has 0 bridgehead atoms. The van der Waals surface area contributed by atoms with E-state index < -0.39 is 4.92 Å². The zero-order valence-electron chi connectivity index (χ0n) is 9.19. The molecule has 0 aliphatic heterocycles. The Morgan fingerprint density at radius 2 is 2.12 bits per heavy atom. The number of benzene rings is 1. The molecule has 1 aromatic carbocycles. The van der Waals surface area contributed by atoms with Crippen molar-refractivity contribution in [1.29, 1.82) is 0 Å². The minimum Gasteiger partial charge on any atom is -0.379 e. The summed E-state index contributed by atoms with van der Waals surface area (Å²) in [5, 5.41) is 13.9. The first-order valence-corrected chi connectivity index (χ1v) is 5.18. The Morgan fingerprint density at radius 1 is 1.44 bits per heavy atom. The molecule has 0 heterocycles. The SMILES string of the molecule is CCCCNc1cccc(NN)c1[N+](=O)[O-]. The molecule has 0 unspecified atom stereocenters. The average molecular weight is 224 g/mol. The van der Waals surface area contributed by atoms with E-state index in [0.717, 1.165) is 12.8 Å². The van der Waals surface area contributed by atoms with E-state index in [1.807, 2.05) is 0 Å². The molecule has 16 heavy (non-hydrogen) atoms. The Hall–Kier alpha value is -1.82. The number of unbranched alkanes of at least 4 members (excludes halogenated alkanes) is 1. The Morgan fingerprint density at radius 3 is 2.69 bits per heavy atom. The topological polar surface area (TPSA) is 93.2 Å². The summed E-state index contributed by atoms with van der Waals surface area (Å²) >= 11 is 0. The van der Waals surface area contributed by atoms with E-state index >= 15 is 0 Å². The van der Waals surface area contributed by atoms with Crippen LogP contribution in [0.1, 0.15) is 19.8 Å². The van der Waals surface area contributed by atoms with Gasteiger partial charge in [0.1, 0.15) is 11.4 Å². The first-order chi connectivity index (χ1) is 7.70. The third kappa shape index (κ3) is 2.83. The molecular formula is C10H16N4O2. The number of hydrogen-bond acceptors (Lipinski definition) is 5. The molecule has 0 radical (unpaired) electrons. The standard InChI is InChI=1S/C10H16N4O2/c1-2-3-7-12-8-5-4-6-9(13-11)10(8)14(15)16/h4-6,12-13H,2-3,7,11H2,1H3. The summed E-state index contributed by atoms with van der Waals surface area (Å²) in [6, 6.07) is 4.97. The van der Waals surface area contributed by atoms with Crippen molar-refractivity contribution < 1.29 is 4.92 Å². The number of nitro benzene ring substituents is 1. The number of hydrazine groups is 1. The van der Waals surface area contributed by atoms with Crippen LogP contribution in [0.3, 0.4) is 0 Å². The molecule has 0 aromatic heterocycles. The fraction of sp³-hybridized carbons (Fsp3) is 0.400. The van der Waals surface area contributed by atoms with E-state index in [0.29, 0.717) is 17.9 Å². The molecule has 0 spiro atoms. The van der Waals surface area contributed by atoms with Crippen LogP contribution in [-0.4, -0.2) is 11.5 Å². The zero-order chi connectivity index (χ0) is 12.0. The molecule has 1 rings (SSSR count). The summed E-state index contributed by atoms with van der Waals surface area (Å²) in [7, 11) is 0. The summed E-state index contributed by atoms with van der Waals surface area (Å²) in [6.07, 6.45) is 2.01. The van der Waals surface area contributed by atoms with Crippen LogP contribution in [0.15, 0.2) is 18.2 Å². The highest BCUT2D eigenvalue weighted by atomic mass is 16.6. The van der Waals surface area contributed by atoms with Gasteiger partial charge in [0, 0.05) is 6.54 Å². The monoisotopic (exact) mass is 224 g/mol. The van der Waals surface area contributed by atoms with Crippen molar-refractivity contribution in [2.75, 3.05) is 17.3 Å². The first kappa shape index (κ1) is 12.3. The second-order valence-electron chi connectivity index (χ2n) is 3.38. The number of para-hydroxylation sites is 1. The molecule has 4 N–H and O–H groups in total. The van der Waals surface area contributed by atoms with E-state index in [4.69, 9.17) is 5.84 Å². The minimum absolute atomic E-state index is 0.0129. The molecule has 0 fully saturated rings. The maximum atomic E-state index is 10.9. The third-order valence-corrected chi connectivity index (χ3v) is 2.22. The van der Waals surface area contributed by atoms with Crippen LogP contribution >= 0.6 is 0 Å². The number of nitrogen functional groups attached to an aromatic ring is 1. The Kier molecular flexibility index (Phi) is 4.53. The van der Waals surface area contributed by atoms with Gasteiger partial charge in [-0.25, -0.2) is 0 Å². The molecule has 1 aromatic rings. The molecule has 0 amide bonds. The van der Waals surface area contributed by atoms with Gasteiger partial charge in [-0.3, -0.25) is 16.0 Å². The summed E-state index contributed by atoms with van der Waals surface area (Å²) in [4.78, 5) is 10.5. The molecule has 0 atom stereocenters. The number of nitrogens with zero attached hydrogens (tertiary/aromatic N) is 1. The van der Waals surface area contributed by atoms with Crippen molar-refractivity contribution in [1.82, 2.24) is 0 Å². The third-order valence-electron chi connectivity index (χ3n) is 2.22. The predicted octanol–water partition coefficient (Wildman–Crippen LogP) is 2.09. The number of nitro groups is 1. The molecular weight excluding hydrogens is 208 g/mol. The van der Waals surface area contributed by atoms with Gasteiger partial charge in [0.05, 0.1) is 4.92 Å². The van der Waals surface area contributed by atoms with Crippen LogP contribution in [0.4, 0.5) is 17.1 Å². The maximum absolute atomic E-state index is 10.9. The van der Waals surface area contributed by atoms with Crippen molar-refractivity contribution >= 4 is 17.1 Å². The lowest BCUT2D eigenvalue weighted by atomic mass is 10.2. The smallest absolute Gasteiger partial charge is 0.316 e. The normalized spacial score (nSPS) is 9.88. The highest BCUT2D eigenvalue weighted by molar-refractivity contribution is 5.75. The van der Waals surface area contributed by atoms with Gasteiger partial charge in [-0.2, -0.15) is 0 Å². The van der Waals surface area contributed by atoms with Gasteiger partial charge in [-0.05, 0) is 18.6 Å². The van der Waals surface area contributed by atoms with Gasteiger partial charge < -0.3 is 10.7 Å². The summed E-state index contributed by atoms with van der Waals surface area (Å²) < 4.78 is 0. The van der Waals surface area contributed by atoms with Gasteiger partial charge in [0.15, 0.2) is 0 Å². The second kappa shape index (κ2) is 5.92. The highest BCUT2D eigenvalue weighted by Gasteiger charge is 2.18. The maximum Gasteiger partial charge on any atom is 0.316 e. The van der Waals surface area contributed by atoms with Gasteiger partial charge in [-0.1, -0.05) is 19.4 Å². The largest absolute Gasteiger partial charge is 0.379 e. The number of anilines is 2. The van der Waals surface area contributed by atoms with Crippen LogP contribution in [-0.2, 0) is 0 Å². The minimum atomic E-state index is -0.441. The zero-order valence-corrected chi connectivity index (χ0v) is 9.19. The lowest BCUT2D eigenvalue weighted by Gasteiger charge is -2.09. The molecule has 0 saturated carbocycles. The average Bonchev–Trinajstić information content (AvgIpc) is 2.28. The fourth-order valence-electron chi connectivity index (χ4n) is 1.40. The molecule has 0 aliphatic carbocycles. The van der Waals surface area contributed by atoms with Gasteiger partial charge in [0.2, 0.25) is 0 Å². The van der Waals surface area contributed by atoms with Crippen LogP contribution in [0.25, 0.3) is 0 Å². The molecule has 6 heteroatoms. The van der Waals surface area contributed by atoms with Gasteiger partial charge >= 0.3 is 5.69 Å². The number of hydrogen-bond donors (Lipinski definition) is 3. The molecule has 88 valence electrons. The van der Waals surface area contributed by atoms with Crippen LogP contribution in [0, 0.1) is 10.1 Å². The van der Waals surface area contributed by atoms with E-state index in [9.17, 15) is 10.1 Å². The fourth-order valence-corrected chi connectivity index (χ4v) is 1.40. The summed E-state index contributed by atoms with van der Waals surface area (Å²) in [5.41, 5.74) is 3.12. The van der Waals surface area contributed by atoms with E-state index in [2.05, 4.69) is 17.7 Å². The Balaban J connectivity index is 2.93. The summed E-state index contributed by atoms with van der Waals surface area (Å²) in [5.74, 6) is 5.23. The molecule has 0 aliphatic rings. The van der Waals surface area contributed by atoms with Crippen molar-refractivity contribution in [2.45, 2.75) is 19.8 Å². The molecule has 0 saturated heterocycles. The number of rotatable bonds is 6. The van der Waals surface area contributed by atoms with Crippen LogP contribution in [0.5, 0.6) is 0 Å². The van der Waals surface area contributed by atoms with Crippen molar-refractivity contribution in [3.8, 4) is 0 Å². The van der Waals surface area contributed by atoms with E-state index in [1.54, 1.807) is 18.2 Å². The van der Waals surface area contributed by atoms with Gasteiger partial charge in [0.25, 0.3) is 0 Å². The lowest BCUT2D eigenvalue weighted by Crippen LogP contribution is -2.11. The van der Waals surface area contributed by atoms with Gasteiger partial charge in [-0.15, -0.1) is 0 Å². The Labute approximate surface area is 94.0 Å². The second-order valence-corrected chi connectivity index (χ2v) is 3.38. The van der Waals surface area contributed by atoms with Crippen LogP contribution in [0.2, 0.25) is 0 Å². The van der Waals surface area contributed by atoms with Crippen molar-refractivity contribution in [3.63, 3.8) is 0 Å². The Bertz CT molecular complexity index is 368. The highest BCUT2D eigenvalue weighted by Crippen LogP contribution is 2.31. The predicted molar refractivity (Wildman–Crippen MR) is 64.3 cm³/mol. The first-order valence-electron chi connectivity index (χ1n) is 5.18. The summed E-state index contributed by atoms with van der Waals surface area (Å²) in [6.45, 7) is 2.78. The van der Waals surface area contributed by atoms with Crippen molar-refractivity contribution in [2.24, 2.45) is 5.84 Å². The number of nitrogens with one attached hydrogen (secondary N) is 2. The van der Waals surface area contributed by atoms with E-state index in [1.165, 1.54) is 0 Å². The quantitative estimate of drug-likeness (QED) is 0.298. The number of nitrogens with two attached hydrogens (primary N) is 1. The lowest BCUT2D eigenvalue weighted by molar-refractivity contribution is -0.383.